The highest BCUT2D eigenvalue weighted by Crippen LogP contribution is 2.42. The van der Waals surface area contributed by atoms with Crippen LogP contribution in [0.4, 0.5) is 0 Å². The highest BCUT2D eigenvalue weighted by Gasteiger charge is 2.19. The van der Waals surface area contributed by atoms with Gasteiger partial charge in [0.2, 0.25) is 0 Å². The van der Waals surface area contributed by atoms with Crippen molar-refractivity contribution in [3.8, 4) is 56.5 Å². The summed E-state index contributed by atoms with van der Waals surface area (Å²) in [6.07, 6.45) is 0. The lowest BCUT2D eigenvalue weighted by Crippen LogP contribution is -2.00. The van der Waals surface area contributed by atoms with E-state index in [0.717, 1.165) is 93.5 Å². The number of nitrogens with zero attached hydrogens (tertiary/aromatic N) is 4. The molecule has 12 aromatic rings. The minimum Gasteiger partial charge on any atom is -0.456 e. The van der Waals surface area contributed by atoms with E-state index in [9.17, 15) is 0 Å². The molecule has 274 valence electrons. The number of benzene rings is 9. The molecule has 0 unspecified atom stereocenters. The summed E-state index contributed by atoms with van der Waals surface area (Å²) in [5.41, 5.74) is 9.64. The SMILES string of the molecule is c1ccc(-c2nc3cc(-c4ccc(-c5nc(-c6ccc7ccccc7c6)nc(-c6ccc7ccccc7c6)n5)cc4)ccc3c3c2ccc2oc4ccccc4c23)cc1. The summed E-state index contributed by atoms with van der Waals surface area (Å²) in [5, 5.41) is 10.2. The number of hydrogen-bond acceptors (Lipinski definition) is 5. The molecule has 59 heavy (non-hydrogen) atoms. The van der Waals surface area contributed by atoms with E-state index in [-0.39, 0.29) is 0 Å². The minimum atomic E-state index is 0.619. The molecule has 0 amide bonds. The third kappa shape index (κ3) is 5.63. The van der Waals surface area contributed by atoms with Gasteiger partial charge in [0.1, 0.15) is 11.2 Å². The highest BCUT2D eigenvalue weighted by atomic mass is 16.3. The van der Waals surface area contributed by atoms with Crippen molar-refractivity contribution in [1.29, 1.82) is 0 Å². The summed E-state index contributed by atoms with van der Waals surface area (Å²) in [5.74, 6) is 1.89. The lowest BCUT2D eigenvalue weighted by atomic mass is 9.94. The van der Waals surface area contributed by atoms with Gasteiger partial charge in [-0.05, 0) is 69.1 Å². The molecule has 9 aromatic carbocycles. The third-order valence-electron chi connectivity index (χ3n) is 11.5. The van der Waals surface area contributed by atoms with Crippen molar-refractivity contribution in [3.63, 3.8) is 0 Å². The Morgan fingerprint density at radius 3 is 1.53 bits per heavy atom. The van der Waals surface area contributed by atoms with E-state index in [2.05, 4.69) is 176 Å². The van der Waals surface area contributed by atoms with Crippen LogP contribution < -0.4 is 0 Å². The maximum Gasteiger partial charge on any atom is 0.164 e. The van der Waals surface area contributed by atoms with E-state index in [1.54, 1.807) is 0 Å². The van der Waals surface area contributed by atoms with Gasteiger partial charge in [0.05, 0.1) is 11.2 Å². The van der Waals surface area contributed by atoms with Gasteiger partial charge in [-0.15, -0.1) is 0 Å². The molecule has 0 fully saturated rings. The van der Waals surface area contributed by atoms with E-state index in [1.165, 1.54) is 10.8 Å². The standard InChI is InChI=1S/C54H32N4O/c1-2-12-36(13-3-1)51-45-28-29-48-50(44-16-8-9-17-47(44)59-48)49(45)43-27-26-40(32-46(43)55-51)35-18-22-37(23-19-35)52-56-53(41-24-20-33-10-4-6-14-38(33)30-41)58-54(57-52)42-25-21-34-11-5-7-15-39(34)31-42/h1-32H. The van der Waals surface area contributed by atoms with Gasteiger partial charge in [-0.2, -0.15) is 0 Å². The second kappa shape index (κ2) is 13.3. The van der Waals surface area contributed by atoms with Crippen LogP contribution >= 0.6 is 0 Å². The number of rotatable bonds is 5. The number of pyridine rings is 1. The second-order valence-electron chi connectivity index (χ2n) is 15.0. The minimum absolute atomic E-state index is 0.619. The van der Waals surface area contributed by atoms with Crippen LogP contribution in [0.15, 0.2) is 199 Å². The predicted octanol–water partition coefficient (Wildman–Crippen LogP) is 14.1. The monoisotopic (exact) mass is 752 g/mol. The van der Waals surface area contributed by atoms with Crippen molar-refractivity contribution in [2.24, 2.45) is 0 Å². The van der Waals surface area contributed by atoms with Crippen LogP contribution in [0.1, 0.15) is 0 Å². The average molecular weight is 753 g/mol. The molecule has 0 atom stereocenters. The van der Waals surface area contributed by atoms with Crippen molar-refractivity contribution in [1.82, 2.24) is 19.9 Å². The molecule has 0 aliphatic carbocycles. The van der Waals surface area contributed by atoms with Gasteiger partial charge in [0.25, 0.3) is 0 Å². The maximum atomic E-state index is 6.36. The fourth-order valence-corrected chi connectivity index (χ4v) is 8.54. The molecule has 0 radical (unpaired) electrons. The van der Waals surface area contributed by atoms with E-state index in [4.69, 9.17) is 24.4 Å². The Kier molecular flexibility index (Phi) is 7.47. The van der Waals surface area contributed by atoms with Crippen LogP contribution in [0.25, 0.3) is 122 Å². The Hall–Kier alpha value is -8.02. The van der Waals surface area contributed by atoms with Crippen molar-refractivity contribution >= 4 is 65.2 Å². The normalized spacial score (nSPS) is 11.7. The molecule has 0 saturated heterocycles. The molecular formula is C54H32N4O. The molecule has 3 aromatic heterocycles. The first-order valence-corrected chi connectivity index (χ1v) is 19.8. The first-order valence-electron chi connectivity index (χ1n) is 19.8. The summed E-state index contributed by atoms with van der Waals surface area (Å²) in [6, 6.07) is 67.5. The van der Waals surface area contributed by atoms with E-state index < -0.39 is 0 Å². The number of hydrogen-bond donors (Lipinski definition) is 0. The molecule has 0 aliphatic rings. The highest BCUT2D eigenvalue weighted by molar-refractivity contribution is 6.28. The van der Waals surface area contributed by atoms with E-state index >= 15 is 0 Å². The summed E-state index contributed by atoms with van der Waals surface area (Å²) >= 11 is 0. The molecule has 3 heterocycles. The second-order valence-corrected chi connectivity index (χ2v) is 15.0. The van der Waals surface area contributed by atoms with Crippen molar-refractivity contribution in [2.45, 2.75) is 0 Å². The van der Waals surface area contributed by atoms with Crippen LogP contribution in [-0.2, 0) is 0 Å². The van der Waals surface area contributed by atoms with Gasteiger partial charge in [-0.3, -0.25) is 0 Å². The number of aromatic nitrogens is 4. The number of fused-ring (bicyclic) bond motifs is 9. The average Bonchev–Trinajstić information content (AvgIpc) is 3.70. The Balaban J connectivity index is 0.991. The molecular weight excluding hydrogens is 721 g/mol. The molecule has 0 N–H and O–H groups in total. The third-order valence-corrected chi connectivity index (χ3v) is 11.5. The fraction of sp³-hybridized carbons (Fsp3) is 0. The van der Waals surface area contributed by atoms with Crippen LogP contribution in [-0.4, -0.2) is 19.9 Å². The van der Waals surface area contributed by atoms with E-state index in [1.807, 2.05) is 18.2 Å². The van der Waals surface area contributed by atoms with Crippen LogP contribution in [0.2, 0.25) is 0 Å². The first kappa shape index (κ1) is 33.2. The van der Waals surface area contributed by atoms with E-state index in [0.29, 0.717) is 17.5 Å². The van der Waals surface area contributed by atoms with Crippen LogP contribution in [0, 0.1) is 0 Å². The summed E-state index contributed by atoms with van der Waals surface area (Å²) in [6.45, 7) is 0. The maximum absolute atomic E-state index is 6.36. The summed E-state index contributed by atoms with van der Waals surface area (Å²) in [4.78, 5) is 20.6. The molecule has 5 nitrogen and oxygen atoms in total. The van der Waals surface area contributed by atoms with Gasteiger partial charge < -0.3 is 4.42 Å². The van der Waals surface area contributed by atoms with Gasteiger partial charge in [-0.25, -0.2) is 19.9 Å². The number of furan rings is 1. The molecule has 12 rings (SSSR count). The smallest absolute Gasteiger partial charge is 0.164 e. The van der Waals surface area contributed by atoms with Gasteiger partial charge in [-0.1, -0.05) is 158 Å². The first-order chi connectivity index (χ1) is 29.2. The zero-order valence-corrected chi connectivity index (χ0v) is 31.7. The van der Waals surface area contributed by atoms with Crippen molar-refractivity contribution < 1.29 is 4.42 Å². The zero-order chi connectivity index (χ0) is 38.9. The number of para-hydroxylation sites is 1. The molecule has 5 heteroatoms. The predicted molar refractivity (Wildman–Crippen MR) is 242 cm³/mol. The molecule has 0 bridgehead atoms. The topological polar surface area (TPSA) is 64.7 Å². The summed E-state index contributed by atoms with van der Waals surface area (Å²) < 4.78 is 6.36. The lowest BCUT2D eigenvalue weighted by Gasteiger charge is -2.13. The fourth-order valence-electron chi connectivity index (χ4n) is 8.54. The van der Waals surface area contributed by atoms with Gasteiger partial charge >= 0.3 is 0 Å². The summed E-state index contributed by atoms with van der Waals surface area (Å²) in [7, 11) is 0. The van der Waals surface area contributed by atoms with Crippen LogP contribution in [0.3, 0.4) is 0 Å². The van der Waals surface area contributed by atoms with Crippen LogP contribution in [0.5, 0.6) is 0 Å². The van der Waals surface area contributed by atoms with Crippen molar-refractivity contribution in [3.05, 3.63) is 194 Å². The largest absolute Gasteiger partial charge is 0.456 e. The molecule has 0 spiro atoms. The Morgan fingerprint density at radius 1 is 0.288 bits per heavy atom. The van der Waals surface area contributed by atoms with Crippen molar-refractivity contribution in [2.75, 3.05) is 0 Å². The Bertz CT molecular complexity index is 3510. The Labute approximate surface area is 338 Å². The lowest BCUT2D eigenvalue weighted by molar-refractivity contribution is 0.669. The van der Waals surface area contributed by atoms with Gasteiger partial charge in [0, 0.05) is 49.2 Å². The Morgan fingerprint density at radius 2 is 0.831 bits per heavy atom. The molecule has 0 saturated carbocycles. The zero-order valence-electron chi connectivity index (χ0n) is 31.7. The van der Waals surface area contributed by atoms with Gasteiger partial charge in [0.15, 0.2) is 17.5 Å². The molecule has 0 aliphatic heterocycles. The quantitative estimate of drug-likeness (QED) is 0.164.